The molecule has 0 radical (unpaired) electrons. The molecule has 0 bridgehead atoms. The van der Waals surface area contributed by atoms with Gasteiger partial charge < -0.3 is 10.6 Å². The summed E-state index contributed by atoms with van der Waals surface area (Å²) in [7, 11) is 0. The summed E-state index contributed by atoms with van der Waals surface area (Å²) in [5, 5.41) is 0. The zero-order chi connectivity index (χ0) is 12.4. The van der Waals surface area contributed by atoms with Gasteiger partial charge in [0.05, 0.1) is 5.69 Å². The van der Waals surface area contributed by atoms with Crippen LogP contribution in [-0.2, 0) is 6.54 Å². The second-order valence-electron chi connectivity index (χ2n) is 5.26. The summed E-state index contributed by atoms with van der Waals surface area (Å²) >= 11 is 0. The molecule has 0 unspecified atom stereocenters. The van der Waals surface area contributed by atoms with E-state index in [4.69, 9.17) is 5.73 Å². The maximum Gasteiger partial charge on any atom is 0.151 e. The van der Waals surface area contributed by atoms with E-state index in [1.54, 1.807) is 12.4 Å². The average Bonchev–Trinajstić information content (AvgIpc) is 3.24. The molecule has 0 atom stereocenters. The van der Waals surface area contributed by atoms with Gasteiger partial charge in [-0.3, -0.25) is 9.88 Å². The Hall–Kier alpha value is -1.20. The fourth-order valence-corrected chi connectivity index (χ4v) is 2.58. The fraction of sp³-hybridized carbons (Fsp3) is 0.692. The smallest absolute Gasteiger partial charge is 0.151 e. The zero-order valence-corrected chi connectivity index (χ0v) is 10.8. The van der Waals surface area contributed by atoms with E-state index in [0.29, 0.717) is 6.54 Å². The molecule has 1 saturated carbocycles. The minimum Gasteiger partial charge on any atom is -0.353 e. The van der Waals surface area contributed by atoms with Crippen molar-refractivity contribution in [3.05, 3.63) is 18.1 Å². The topological polar surface area (TPSA) is 58.3 Å². The quantitative estimate of drug-likeness (QED) is 0.838. The molecule has 98 valence electrons. The van der Waals surface area contributed by atoms with Crippen LogP contribution in [0.25, 0.3) is 0 Å². The maximum absolute atomic E-state index is 5.72. The third-order valence-corrected chi connectivity index (χ3v) is 3.83. The van der Waals surface area contributed by atoms with Crippen molar-refractivity contribution in [2.24, 2.45) is 11.7 Å². The van der Waals surface area contributed by atoms with Crippen molar-refractivity contribution in [1.29, 1.82) is 0 Å². The highest BCUT2D eigenvalue weighted by molar-refractivity contribution is 5.43. The number of piperazine rings is 1. The monoisotopic (exact) mass is 247 g/mol. The minimum absolute atomic E-state index is 0.464. The van der Waals surface area contributed by atoms with Crippen LogP contribution in [0.15, 0.2) is 12.4 Å². The van der Waals surface area contributed by atoms with Crippen molar-refractivity contribution in [3.8, 4) is 0 Å². The van der Waals surface area contributed by atoms with Crippen LogP contribution in [0.1, 0.15) is 18.5 Å². The summed E-state index contributed by atoms with van der Waals surface area (Å²) in [5.74, 6) is 1.96. The Kier molecular flexibility index (Phi) is 3.43. The summed E-state index contributed by atoms with van der Waals surface area (Å²) < 4.78 is 0. The van der Waals surface area contributed by atoms with Gasteiger partial charge in [0.15, 0.2) is 5.82 Å². The normalized spacial score (nSPS) is 21.3. The Bertz CT molecular complexity index is 396. The standard InChI is InChI=1S/C13H21N5/c14-9-12-13(16-4-3-15-12)18-7-5-17(6-8-18)10-11-1-2-11/h3-4,11H,1-2,5-10,14H2. The number of rotatable bonds is 4. The van der Waals surface area contributed by atoms with Crippen LogP contribution in [0.4, 0.5) is 5.82 Å². The molecule has 2 N–H and O–H groups in total. The van der Waals surface area contributed by atoms with Gasteiger partial charge in [0, 0.05) is 51.7 Å². The highest BCUT2D eigenvalue weighted by Crippen LogP contribution is 2.30. The Balaban J connectivity index is 1.60. The van der Waals surface area contributed by atoms with Gasteiger partial charge in [-0.05, 0) is 18.8 Å². The maximum atomic E-state index is 5.72. The largest absolute Gasteiger partial charge is 0.353 e. The van der Waals surface area contributed by atoms with E-state index in [9.17, 15) is 0 Å². The van der Waals surface area contributed by atoms with Crippen molar-refractivity contribution in [1.82, 2.24) is 14.9 Å². The molecule has 1 aromatic rings. The van der Waals surface area contributed by atoms with Crippen molar-refractivity contribution in [2.75, 3.05) is 37.6 Å². The molecule has 3 rings (SSSR count). The minimum atomic E-state index is 0.464. The lowest BCUT2D eigenvalue weighted by Gasteiger charge is -2.35. The third kappa shape index (κ3) is 2.62. The molecule has 0 aromatic carbocycles. The van der Waals surface area contributed by atoms with E-state index in [0.717, 1.165) is 43.6 Å². The van der Waals surface area contributed by atoms with E-state index in [2.05, 4.69) is 19.8 Å². The van der Waals surface area contributed by atoms with Crippen LogP contribution in [-0.4, -0.2) is 47.6 Å². The number of aromatic nitrogens is 2. The summed E-state index contributed by atoms with van der Waals surface area (Å²) in [5.41, 5.74) is 6.63. The van der Waals surface area contributed by atoms with Gasteiger partial charge in [0.2, 0.25) is 0 Å². The predicted molar refractivity (Wildman–Crippen MR) is 71.3 cm³/mol. The van der Waals surface area contributed by atoms with Crippen molar-refractivity contribution >= 4 is 5.82 Å². The molecule has 2 fully saturated rings. The molecule has 1 aromatic heterocycles. The molecule has 2 aliphatic rings. The van der Waals surface area contributed by atoms with Crippen LogP contribution >= 0.6 is 0 Å². The Labute approximate surface area is 108 Å². The second kappa shape index (κ2) is 5.20. The van der Waals surface area contributed by atoms with Gasteiger partial charge in [-0.15, -0.1) is 0 Å². The van der Waals surface area contributed by atoms with Crippen molar-refractivity contribution < 1.29 is 0 Å². The highest BCUT2D eigenvalue weighted by Gasteiger charge is 2.27. The number of hydrogen-bond donors (Lipinski definition) is 1. The van der Waals surface area contributed by atoms with E-state index in [-0.39, 0.29) is 0 Å². The molecule has 2 heterocycles. The van der Waals surface area contributed by atoms with E-state index < -0.39 is 0 Å². The molecular weight excluding hydrogens is 226 g/mol. The van der Waals surface area contributed by atoms with Gasteiger partial charge in [0.25, 0.3) is 0 Å². The van der Waals surface area contributed by atoms with Crippen LogP contribution in [0.5, 0.6) is 0 Å². The van der Waals surface area contributed by atoms with Crippen LogP contribution in [0.3, 0.4) is 0 Å². The van der Waals surface area contributed by atoms with Gasteiger partial charge in [0.1, 0.15) is 0 Å². The molecule has 1 aliphatic heterocycles. The molecule has 0 amide bonds. The summed E-state index contributed by atoms with van der Waals surface area (Å²) in [6, 6.07) is 0. The first-order valence-corrected chi connectivity index (χ1v) is 6.84. The number of nitrogens with two attached hydrogens (primary N) is 1. The third-order valence-electron chi connectivity index (χ3n) is 3.83. The van der Waals surface area contributed by atoms with Gasteiger partial charge in [-0.25, -0.2) is 4.98 Å². The van der Waals surface area contributed by atoms with Crippen LogP contribution in [0.2, 0.25) is 0 Å². The molecule has 1 saturated heterocycles. The first kappa shape index (κ1) is 11.9. The molecule has 5 heteroatoms. The van der Waals surface area contributed by atoms with Crippen molar-refractivity contribution in [2.45, 2.75) is 19.4 Å². The van der Waals surface area contributed by atoms with E-state index in [1.807, 2.05) is 0 Å². The summed E-state index contributed by atoms with van der Waals surface area (Å²) in [6.07, 6.45) is 6.34. The predicted octanol–water partition coefficient (Wildman–Crippen LogP) is 0.467. The van der Waals surface area contributed by atoms with Gasteiger partial charge in [-0.2, -0.15) is 0 Å². The molecule has 1 aliphatic carbocycles. The van der Waals surface area contributed by atoms with Gasteiger partial charge in [-0.1, -0.05) is 0 Å². The lowest BCUT2D eigenvalue weighted by atomic mass is 10.2. The van der Waals surface area contributed by atoms with E-state index >= 15 is 0 Å². The second-order valence-corrected chi connectivity index (χ2v) is 5.26. The fourth-order valence-electron chi connectivity index (χ4n) is 2.58. The lowest BCUT2D eigenvalue weighted by Crippen LogP contribution is -2.47. The van der Waals surface area contributed by atoms with Crippen LogP contribution in [0, 0.1) is 5.92 Å². The van der Waals surface area contributed by atoms with Gasteiger partial charge >= 0.3 is 0 Å². The van der Waals surface area contributed by atoms with E-state index in [1.165, 1.54) is 19.4 Å². The summed E-state index contributed by atoms with van der Waals surface area (Å²) in [4.78, 5) is 13.6. The highest BCUT2D eigenvalue weighted by atomic mass is 15.3. The Morgan fingerprint density at radius 3 is 2.50 bits per heavy atom. The SMILES string of the molecule is NCc1nccnc1N1CCN(CC2CC2)CC1. The van der Waals surface area contributed by atoms with Crippen molar-refractivity contribution in [3.63, 3.8) is 0 Å². The number of nitrogens with zero attached hydrogens (tertiary/aromatic N) is 4. The molecular formula is C13H21N5. The molecule has 5 nitrogen and oxygen atoms in total. The first-order chi connectivity index (χ1) is 8.86. The lowest BCUT2D eigenvalue weighted by molar-refractivity contribution is 0.247. The Morgan fingerprint density at radius 1 is 1.11 bits per heavy atom. The summed E-state index contributed by atoms with van der Waals surface area (Å²) in [6.45, 7) is 6.11. The first-order valence-electron chi connectivity index (χ1n) is 6.84. The number of hydrogen-bond acceptors (Lipinski definition) is 5. The zero-order valence-electron chi connectivity index (χ0n) is 10.8. The molecule has 18 heavy (non-hydrogen) atoms. The number of anilines is 1. The molecule has 0 spiro atoms. The average molecular weight is 247 g/mol. The Morgan fingerprint density at radius 2 is 1.83 bits per heavy atom. The van der Waals surface area contributed by atoms with Crippen LogP contribution < -0.4 is 10.6 Å².